The Morgan fingerprint density at radius 3 is 2.68 bits per heavy atom. The number of pyridine rings is 1. The fraction of sp³-hybridized carbons (Fsp3) is 0.478. The Bertz CT molecular complexity index is 890. The summed E-state index contributed by atoms with van der Waals surface area (Å²) in [6.07, 6.45) is 9.11. The predicted octanol–water partition coefficient (Wildman–Crippen LogP) is 5.94. The van der Waals surface area contributed by atoms with Crippen LogP contribution >= 0.6 is 0 Å². The molecule has 1 N–H and O–H groups in total. The molecule has 3 nitrogen and oxygen atoms in total. The molecular weight excluding hydrogens is 358 g/mol. The van der Waals surface area contributed by atoms with Gasteiger partial charge in [0.1, 0.15) is 5.52 Å². The number of aromatic nitrogens is 1. The average molecular weight is 386 g/mol. The normalized spacial score (nSPS) is 17.3. The van der Waals surface area contributed by atoms with Crippen LogP contribution in [0.1, 0.15) is 69.2 Å². The molecule has 3 rings (SSSR count). The minimum absolute atomic E-state index is 0.0662. The van der Waals surface area contributed by atoms with Crippen LogP contribution in [0.3, 0.4) is 0 Å². The van der Waals surface area contributed by atoms with Gasteiger partial charge in [0.05, 0.1) is 5.56 Å². The number of rotatable bonds is 6. The van der Waals surface area contributed by atoms with Crippen LogP contribution in [-0.4, -0.2) is 16.4 Å². The fourth-order valence-corrected chi connectivity index (χ4v) is 4.47. The summed E-state index contributed by atoms with van der Waals surface area (Å²) >= 11 is 0. The van der Waals surface area contributed by atoms with E-state index >= 15 is 0 Å². The van der Waals surface area contributed by atoms with Gasteiger partial charge in [0.15, 0.2) is 11.6 Å². The Labute approximate surface area is 165 Å². The van der Waals surface area contributed by atoms with Gasteiger partial charge in [-0.3, -0.25) is 9.78 Å². The average Bonchev–Trinajstić information content (AvgIpc) is 2.64. The summed E-state index contributed by atoms with van der Waals surface area (Å²) in [5.41, 5.74) is 0.903. The Hall–Kier alpha value is -2.30. The van der Waals surface area contributed by atoms with Crippen molar-refractivity contribution in [2.24, 2.45) is 5.92 Å². The molecule has 1 aliphatic carbocycles. The molecule has 1 aliphatic rings. The number of hydrogen-bond donors (Lipinski definition) is 1. The number of amides is 1. The van der Waals surface area contributed by atoms with Crippen molar-refractivity contribution in [3.8, 4) is 0 Å². The number of nitrogens with zero attached hydrogens (tertiary/aromatic N) is 1. The highest BCUT2D eigenvalue weighted by atomic mass is 19.2. The lowest BCUT2D eigenvalue weighted by atomic mass is 9.77. The first kappa shape index (κ1) is 20.4. The van der Waals surface area contributed by atoms with Gasteiger partial charge in [-0.05, 0) is 50.8 Å². The second kappa shape index (κ2) is 8.38. The smallest absolute Gasteiger partial charge is 0.253 e. The van der Waals surface area contributed by atoms with Gasteiger partial charge in [-0.1, -0.05) is 37.7 Å². The summed E-state index contributed by atoms with van der Waals surface area (Å²) in [6.45, 7) is 8.07. The number of halogens is 2. The van der Waals surface area contributed by atoms with Crippen LogP contribution < -0.4 is 5.32 Å². The number of hydrogen-bond acceptors (Lipinski definition) is 2. The molecule has 2 aromatic rings. The van der Waals surface area contributed by atoms with Gasteiger partial charge in [0.25, 0.3) is 5.91 Å². The SMILES string of the molecule is C=C(C)CC(C)(CC1CCCCC1)NC(=O)c1cnc2c(F)c(F)ccc2c1. The van der Waals surface area contributed by atoms with Crippen molar-refractivity contribution < 1.29 is 13.6 Å². The molecule has 5 heteroatoms. The standard InChI is InChI=1S/C23H28F2N2O/c1-15(2)12-23(3,13-16-7-5-4-6-8-16)27-22(28)18-11-17-9-10-19(24)20(25)21(17)26-14-18/h9-11,14,16H,1,4-8,12-13H2,2-3H3,(H,27,28). The molecule has 0 saturated heterocycles. The molecular formula is C23H28F2N2O. The highest BCUT2D eigenvalue weighted by molar-refractivity contribution is 5.97. The largest absolute Gasteiger partial charge is 0.347 e. The van der Waals surface area contributed by atoms with Crippen molar-refractivity contribution in [2.45, 2.75) is 64.3 Å². The lowest BCUT2D eigenvalue weighted by Gasteiger charge is -2.36. The molecule has 150 valence electrons. The maximum atomic E-state index is 13.9. The lowest BCUT2D eigenvalue weighted by molar-refractivity contribution is 0.0885. The molecule has 0 spiro atoms. The molecule has 1 unspecified atom stereocenters. The molecule has 0 bridgehead atoms. The van der Waals surface area contributed by atoms with Crippen molar-refractivity contribution in [3.63, 3.8) is 0 Å². The van der Waals surface area contributed by atoms with Crippen LogP contribution in [0.2, 0.25) is 0 Å². The third-order valence-electron chi connectivity index (χ3n) is 5.58. The molecule has 1 heterocycles. The fourth-order valence-electron chi connectivity index (χ4n) is 4.47. The summed E-state index contributed by atoms with van der Waals surface area (Å²) in [5.74, 6) is -1.59. The highest BCUT2D eigenvalue weighted by Gasteiger charge is 2.31. The predicted molar refractivity (Wildman–Crippen MR) is 108 cm³/mol. The molecule has 1 atom stereocenters. The molecule has 1 aromatic carbocycles. The van der Waals surface area contributed by atoms with E-state index in [1.807, 2.05) is 6.92 Å². The molecule has 1 saturated carbocycles. The van der Waals surface area contributed by atoms with E-state index in [0.717, 1.165) is 18.1 Å². The maximum Gasteiger partial charge on any atom is 0.253 e. The van der Waals surface area contributed by atoms with Crippen LogP contribution in [0.4, 0.5) is 8.78 Å². The van der Waals surface area contributed by atoms with E-state index in [9.17, 15) is 13.6 Å². The number of fused-ring (bicyclic) bond motifs is 1. The summed E-state index contributed by atoms with van der Waals surface area (Å²) < 4.78 is 27.2. The molecule has 1 aromatic heterocycles. The van der Waals surface area contributed by atoms with Crippen molar-refractivity contribution in [3.05, 3.63) is 53.7 Å². The van der Waals surface area contributed by atoms with Gasteiger partial charge in [-0.2, -0.15) is 0 Å². The van der Waals surface area contributed by atoms with E-state index in [2.05, 4.69) is 23.8 Å². The van der Waals surface area contributed by atoms with Crippen molar-refractivity contribution in [1.82, 2.24) is 10.3 Å². The van der Waals surface area contributed by atoms with E-state index in [-0.39, 0.29) is 11.4 Å². The summed E-state index contributed by atoms with van der Waals surface area (Å²) in [4.78, 5) is 16.9. The summed E-state index contributed by atoms with van der Waals surface area (Å²) in [6, 6.07) is 4.05. The Balaban J connectivity index is 1.81. The Morgan fingerprint density at radius 2 is 2.00 bits per heavy atom. The first-order valence-corrected chi connectivity index (χ1v) is 9.98. The van der Waals surface area contributed by atoms with Gasteiger partial charge in [-0.15, -0.1) is 6.58 Å². The van der Waals surface area contributed by atoms with Crippen molar-refractivity contribution >= 4 is 16.8 Å². The third-order valence-corrected chi connectivity index (χ3v) is 5.58. The van der Waals surface area contributed by atoms with Gasteiger partial charge >= 0.3 is 0 Å². The van der Waals surface area contributed by atoms with Gasteiger partial charge < -0.3 is 5.32 Å². The number of nitrogens with one attached hydrogen (secondary N) is 1. The number of carbonyl (C=O) groups excluding carboxylic acids is 1. The van der Waals surface area contributed by atoms with Crippen LogP contribution in [0, 0.1) is 17.6 Å². The quantitative estimate of drug-likeness (QED) is 0.625. The molecule has 0 radical (unpaired) electrons. The van der Waals surface area contributed by atoms with E-state index in [0.29, 0.717) is 23.3 Å². The maximum absolute atomic E-state index is 13.9. The van der Waals surface area contributed by atoms with Crippen LogP contribution in [0.5, 0.6) is 0 Å². The Morgan fingerprint density at radius 1 is 1.29 bits per heavy atom. The molecule has 1 amide bonds. The molecule has 28 heavy (non-hydrogen) atoms. The topological polar surface area (TPSA) is 42.0 Å². The van der Waals surface area contributed by atoms with Gasteiger partial charge in [-0.25, -0.2) is 8.78 Å². The second-order valence-corrected chi connectivity index (χ2v) is 8.51. The van der Waals surface area contributed by atoms with E-state index in [1.165, 1.54) is 44.4 Å². The first-order chi connectivity index (χ1) is 13.3. The molecule has 1 fully saturated rings. The number of carbonyl (C=O) groups is 1. The van der Waals surface area contributed by atoms with Crippen molar-refractivity contribution in [2.75, 3.05) is 0 Å². The van der Waals surface area contributed by atoms with E-state index < -0.39 is 17.2 Å². The van der Waals surface area contributed by atoms with E-state index in [4.69, 9.17) is 0 Å². The third kappa shape index (κ3) is 4.75. The monoisotopic (exact) mass is 386 g/mol. The van der Waals surface area contributed by atoms with Crippen LogP contribution in [0.25, 0.3) is 10.9 Å². The summed E-state index contributed by atoms with van der Waals surface area (Å²) in [7, 11) is 0. The molecule has 0 aliphatic heterocycles. The van der Waals surface area contributed by atoms with Gasteiger partial charge in [0.2, 0.25) is 0 Å². The van der Waals surface area contributed by atoms with Crippen LogP contribution in [-0.2, 0) is 0 Å². The zero-order chi connectivity index (χ0) is 20.3. The second-order valence-electron chi connectivity index (χ2n) is 8.51. The van der Waals surface area contributed by atoms with Gasteiger partial charge in [0, 0.05) is 17.1 Å². The van der Waals surface area contributed by atoms with Crippen LogP contribution in [0.15, 0.2) is 36.5 Å². The highest BCUT2D eigenvalue weighted by Crippen LogP contribution is 2.33. The minimum Gasteiger partial charge on any atom is -0.347 e. The van der Waals surface area contributed by atoms with Crippen molar-refractivity contribution in [1.29, 1.82) is 0 Å². The number of benzene rings is 1. The van der Waals surface area contributed by atoms with E-state index in [1.54, 1.807) is 6.07 Å². The summed E-state index contributed by atoms with van der Waals surface area (Å²) in [5, 5.41) is 3.57. The first-order valence-electron chi connectivity index (χ1n) is 9.98. The minimum atomic E-state index is -0.992. The zero-order valence-corrected chi connectivity index (χ0v) is 16.7. The lowest BCUT2D eigenvalue weighted by Crippen LogP contribution is -2.47. The zero-order valence-electron chi connectivity index (χ0n) is 16.7. The Kier molecular flexibility index (Phi) is 6.11.